The third kappa shape index (κ3) is 4.34. The number of hydrogen-bond donors (Lipinski definition) is 2. The number of nitrogens with one attached hydrogen (secondary N) is 1. The summed E-state index contributed by atoms with van der Waals surface area (Å²) < 4.78 is 6.35. The molecule has 3 aromatic rings. The molecule has 2 N–H and O–H groups in total. The van der Waals surface area contributed by atoms with Crippen LogP contribution in [0.5, 0.6) is 0 Å². The Morgan fingerprint density at radius 1 is 1.06 bits per heavy atom. The summed E-state index contributed by atoms with van der Waals surface area (Å²) in [5.74, 6) is -1.23. The van der Waals surface area contributed by atoms with Crippen molar-refractivity contribution in [3.05, 3.63) is 87.9 Å². The molecule has 4 rings (SSSR count). The molecule has 0 aliphatic heterocycles. The highest BCUT2D eigenvalue weighted by Gasteiger charge is 2.30. The van der Waals surface area contributed by atoms with Crippen molar-refractivity contribution in [3.8, 4) is 11.1 Å². The molecule has 0 bridgehead atoms. The van der Waals surface area contributed by atoms with Crippen molar-refractivity contribution < 1.29 is 19.4 Å². The lowest BCUT2D eigenvalue weighted by Crippen LogP contribution is -2.35. The van der Waals surface area contributed by atoms with Crippen LogP contribution in [0.25, 0.3) is 11.1 Å². The van der Waals surface area contributed by atoms with Crippen molar-refractivity contribution in [3.63, 3.8) is 0 Å². The number of carboxylic acid groups (broad SMARTS) is 1. The molecule has 0 saturated heterocycles. The molecule has 1 atom stereocenters. The summed E-state index contributed by atoms with van der Waals surface area (Å²) in [5.41, 5.74) is 4.98. The van der Waals surface area contributed by atoms with E-state index in [1.165, 1.54) is 11.8 Å². The zero-order valence-electron chi connectivity index (χ0n) is 16.7. The van der Waals surface area contributed by atoms with E-state index in [0.29, 0.717) is 5.56 Å². The normalized spacial score (nSPS) is 13.2. The van der Waals surface area contributed by atoms with Gasteiger partial charge in [-0.1, -0.05) is 70.5 Å². The number of alkyl carbamates (subject to hydrolysis) is 1. The van der Waals surface area contributed by atoms with Gasteiger partial charge in [0.05, 0.1) is 0 Å². The fraction of sp³-hybridized carbons (Fsp3) is 0.167. The number of hydrogen-bond acceptors (Lipinski definition) is 4. The maximum absolute atomic E-state index is 12.6. The van der Waals surface area contributed by atoms with E-state index in [2.05, 4.69) is 33.4 Å². The molecule has 1 amide bonds. The van der Waals surface area contributed by atoms with Crippen molar-refractivity contribution in [1.82, 2.24) is 5.32 Å². The Morgan fingerprint density at radius 2 is 1.68 bits per heavy atom. The van der Waals surface area contributed by atoms with Crippen LogP contribution in [0.3, 0.4) is 0 Å². The molecule has 1 unspecified atom stereocenters. The highest BCUT2D eigenvalue weighted by molar-refractivity contribution is 9.10. The SMILES string of the molecule is CSc1cc(Br)ccc1C(NC(=O)OCC1c2ccccc2-c2ccccc21)C(=O)O. The van der Waals surface area contributed by atoms with Gasteiger partial charge in [-0.15, -0.1) is 11.8 Å². The van der Waals surface area contributed by atoms with Crippen LogP contribution >= 0.6 is 27.7 Å². The van der Waals surface area contributed by atoms with Gasteiger partial charge in [0.2, 0.25) is 0 Å². The number of benzene rings is 3. The Morgan fingerprint density at radius 3 is 2.26 bits per heavy atom. The molecular formula is C24H20BrNO4S. The minimum atomic E-state index is -1.20. The molecule has 0 saturated carbocycles. The van der Waals surface area contributed by atoms with E-state index in [9.17, 15) is 14.7 Å². The number of carbonyl (C=O) groups is 2. The summed E-state index contributed by atoms with van der Waals surface area (Å²) in [6, 6.07) is 20.2. The first kappa shape index (κ1) is 21.5. The Bertz CT molecular complexity index is 1100. The number of carboxylic acids is 1. The van der Waals surface area contributed by atoms with Gasteiger partial charge in [-0.25, -0.2) is 9.59 Å². The van der Waals surface area contributed by atoms with E-state index in [1.54, 1.807) is 12.1 Å². The number of rotatable bonds is 6. The average molecular weight is 498 g/mol. The first-order chi connectivity index (χ1) is 15.0. The summed E-state index contributed by atoms with van der Waals surface area (Å²) in [6.07, 6.45) is 1.10. The second-order valence-electron chi connectivity index (χ2n) is 7.13. The summed E-state index contributed by atoms with van der Waals surface area (Å²) in [7, 11) is 0. The smallest absolute Gasteiger partial charge is 0.408 e. The predicted octanol–water partition coefficient (Wildman–Crippen LogP) is 5.84. The molecule has 0 radical (unpaired) electrons. The lowest BCUT2D eigenvalue weighted by Gasteiger charge is -2.19. The van der Waals surface area contributed by atoms with Gasteiger partial charge in [0, 0.05) is 15.3 Å². The van der Waals surface area contributed by atoms with Gasteiger partial charge < -0.3 is 15.2 Å². The largest absolute Gasteiger partial charge is 0.479 e. The van der Waals surface area contributed by atoms with Crippen LogP contribution in [0.15, 0.2) is 76.1 Å². The first-order valence-electron chi connectivity index (χ1n) is 9.67. The number of thioether (sulfide) groups is 1. The van der Waals surface area contributed by atoms with Crippen LogP contribution in [0, 0.1) is 0 Å². The first-order valence-corrected chi connectivity index (χ1v) is 11.7. The number of amides is 1. The monoisotopic (exact) mass is 497 g/mol. The van der Waals surface area contributed by atoms with E-state index in [0.717, 1.165) is 31.6 Å². The van der Waals surface area contributed by atoms with Gasteiger partial charge in [0.1, 0.15) is 6.61 Å². The van der Waals surface area contributed by atoms with Crippen LogP contribution < -0.4 is 5.32 Å². The number of ether oxygens (including phenoxy) is 1. The second kappa shape index (κ2) is 9.16. The molecule has 0 heterocycles. The van der Waals surface area contributed by atoms with Gasteiger partial charge in [-0.3, -0.25) is 0 Å². The lowest BCUT2D eigenvalue weighted by atomic mass is 9.98. The van der Waals surface area contributed by atoms with Gasteiger partial charge in [-0.05, 0) is 46.2 Å². The van der Waals surface area contributed by atoms with Crippen molar-refractivity contribution in [1.29, 1.82) is 0 Å². The standard InChI is InChI=1S/C24H20BrNO4S/c1-31-21-12-14(25)10-11-19(21)22(23(27)28)26-24(29)30-13-20-17-8-4-2-6-15(17)16-7-3-5-9-18(16)20/h2-12,20,22H,13H2,1H3,(H,26,29)(H,27,28). The lowest BCUT2D eigenvalue weighted by molar-refractivity contribution is -0.139. The molecule has 0 aromatic heterocycles. The zero-order valence-corrected chi connectivity index (χ0v) is 19.1. The topological polar surface area (TPSA) is 75.6 Å². The van der Waals surface area contributed by atoms with Gasteiger partial charge in [0.15, 0.2) is 6.04 Å². The number of carbonyl (C=O) groups excluding carboxylic acids is 1. The molecular weight excluding hydrogens is 478 g/mol. The maximum Gasteiger partial charge on any atom is 0.408 e. The molecule has 1 aliphatic carbocycles. The number of aliphatic carboxylic acids is 1. The summed E-state index contributed by atoms with van der Waals surface area (Å²) in [5, 5.41) is 12.2. The molecule has 3 aromatic carbocycles. The van der Waals surface area contributed by atoms with Crippen molar-refractivity contribution in [2.75, 3.05) is 12.9 Å². The fourth-order valence-corrected chi connectivity index (χ4v) is 5.13. The van der Waals surface area contributed by atoms with Crippen LogP contribution in [-0.2, 0) is 9.53 Å². The average Bonchev–Trinajstić information content (AvgIpc) is 3.10. The predicted molar refractivity (Wildman–Crippen MR) is 125 cm³/mol. The quantitative estimate of drug-likeness (QED) is 0.418. The Hall–Kier alpha value is -2.77. The van der Waals surface area contributed by atoms with Crippen molar-refractivity contribution >= 4 is 39.8 Å². The fourth-order valence-electron chi connectivity index (χ4n) is 3.95. The maximum atomic E-state index is 12.6. The Labute approximate surface area is 193 Å². The third-order valence-corrected chi connectivity index (χ3v) is 6.65. The molecule has 158 valence electrons. The van der Waals surface area contributed by atoms with E-state index >= 15 is 0 Å². The van der Waals surface area contributed by atoms with Crippen molar-refractivity contribution in [2.24, 2.45) is 0 Å². The number of halogens is 1. The molecule has 0 fully saturated rings. The third-order valence-electron chi connectivity index (χ3n) is 5.36. The highest BCUT2D eigenvalue weighted by atomic mass is 79.9. The van der Waals surface area contributed by atoms with Crippen molar-refractivity contribution in [2.45, 2.75) is 16.9 Å². The molecule has 31 heavy (non-hydrogen) atoms. The summed E-state index contributed by atoms with van der Waals surface area (Å²) in [4.78, 5) is 25.2. The van der Waals surface area contributed by atoms with Crippen LogP contribution in [0.2, 0.25) is 0 Å². The Kier molecular flexibility index (Phi) is 6.34. The zero-order chi connectivity index (χ0) is 22.0. The van der Waals surface area contributed by atoms with E-state index in [4.69, 9.17) is 4.74 Å². The summed E-state index contributed by atoms with van der Waals surface area (Å²) in [6.45, 7) is 0.127. The Balaban J connectivity index is 1.51. The van der Waals surface area contributed by atoms with E-state index in [-0.39, 0.29) is 12.5 Å². The molecule has 1 aliphatic rings. The second-order valence-corrected chi connectivity index (χ2v) is 8.89. The van der Waals surface area contributed by atoms with Crippen LogP contribution in [0.4, 0.5) is 4.79 Å². The molecule has 5 nitrogen and oxygen atoms in total. The van der Waals surface area contributed by atoms with Gasteiger partial charge >= 0.3 is 12.1 Å². The van der Waals surface area contributed by atoms with Gasteiger partial charge in [-0.2, -0.15) is 0 Å². The van der Waals surface area contributed by atoms with E-state index < -0.39 is 18.1 Å². The number of fused-ring (bicyclic) bond motifs is 3. The van der Waals surface area contributed by atoms with Crippen LogP contribution in [-0.4, -0.2) is 30.0 Å². The summed E-state index contributed by atoms with van der Waals surface area (Å²) >= 11 is 4.81. The molecule has 0 spiro atoms. The van der Waals surface area contributed by atoms with Gasteiger partial charge in [0.25, 0.3) is 0 Å². The van der Waals surface area contributed by atoms with E-state index in [1.807, 2.05) is 48.7 Å². The highest BCUT2D eigenvalue weighted by Crippen LogP contribution is 2.44. The minimum Gasteiger partial charge on any atom is -0.479 e. The van der Waals surface area contributed by atoms with Crippen LogP contribution in [0.1, 0.15) is 28.7 Å². The minimum absolute atomic E-state index is 0.0872. The molecule has 7 heteroatoms.